The molecule has 0 heterocycles. The Morgan fingerprint density at radius 3 is 2.72 bits per heavy atom. The second-order valence-corrected chi connectivity index (χ2v) is 6.46. The van der Waals surface area contributed by atoms with Gasteiger partial charge in [-0.05, 0) is 36.5 Å². The minimum Gasteiger partial charge on any atom is -0.497 e. The van der Waals surface area contributed by atoms with Crippen molar-refractivity contribution in [3.05, 3.63) is 28.2 Å². The molecule has 0 aromatic heterocycles. The van der Waals surface area contributed by atoms with Crippen LogP contribution in [-0.2, 0) is 0 Å². The normalized spacial score (nSPS) is 17.9. The quantitative estimate of drug-likeness (QED) is 0.628. The molecule has 0 bridgehead atoms. The number of hydrogen-bond acceptors (Lipinski definition) is 1. The lowest BCUT2D eigenvalue weighted by Crippen LogP contribution is -1.98. The summed E-state index contributed by atoms with van der Waals surface area (Å²) in [6, 6.07) is 6.03. The molecule has 1 saturated carbocycles. The fraction of sp³-hybridized carbons (Fsp3) is 0.600. The third-order valence-corrected chi connectivity index (χ3v) is 4.99. The van der Waals surface area contributed by atoms with E-state index in [0.717, 1.165) is 22.6 Å². The topological polar surface area (TPSA) is 9.23 Å². The lowest BCUT2D eigenvalue weighted by Gasteiger charge is -2.15. The Hall–Kier alpha value is -0.210. The summed E-state index contributed by atoms with van der Waals surface area (Å²) < 4.78 is 6.25. The van der Waals surface area contributed by atoms with Crippen molar-refractivity contribution in [3.63, 3.8) is 0 Å². The van der Waals surface area contributed by atoms with E-state index in [1.54, 1.807) is 7.11 Å². The van der Waals surface area contributed by atoms with Crippen molar-refractivity contribution >= 4 is 27.5 Å². The molecule has 18 heavy (non-hydrogen) atoms. The Labute approximate surface area is 123 Å². The highest BCUT2D eigenvalue weighted by molar-refractivity contribution is 9.10. The molecule has 3 heteroatoms. The highest BCUT2D eigenvalue weighted by atomic mass is 79.9. The van der Waals surface area contributed by atoms with Gasteiger partial charge in [0.15, 0.2) is 0 Å². The standard InChI is InChI=1S/C15H20BrClO/c1-18-12-7-8-13(14(16)10-12)15(17)9-6-11-4-2-3-5-11/h7-8,10-11,15H,2-6,9H2,1H3. The zero-order valence-electron chi connectivity index (χ0n) is 10.8. The van der Waals surface area contributed by atoms with Crippen LogP contribution in [0.5, 0.6) is 5.75 Å². The highest BCUT2D eigenvalue weighted by Crippen LogP contribution is 2.37. The van der Waals surface area contributed by atoms with E-state index < -0.39 is 0 Å². The number of rotatable bonds is 5. The monoisotopic (exact) mass is 330 g/mol. The Kier molecular flexibility index (Phi) is 5.38. The van der Waals surface area contributed by atoms with E-state index in [0.29, 0.717) is 0 Å². The van der Waals surface area contributed by atoms with Crippen LogP contribution in [0.25, 0.3) is 0 Å². The maximum Gasteiger partial charge on any atom is 0.120 e. The van der Waals surface area contributed by atoms with E-state index in [4.69, 9.17) is 16.3 Å². The van der Waals surface area contributed by atoms with Gasteiger partial charge in [0.25, 0.3) is 0 Å². The van der Waals surface area contributed by atoms with Crippen LogP contribution in [0, 0.1) is 5.92 Å². The molecule has 1 aliphatic carbocycles. The first-order valence-corrected chi connectivity index (χ1v) is 7.91. The summed E-state index contributed by atoms with van der Waals surface area (Å²) in [5, 5.41) is 0.103. The Morgan fingerprint density at radius 2 is 2.11 bits per heavy atom. The van der Waals surface area contributed by atoms with Crippen molar-refractivity contribution in [2.24, 2.45) is 5.92 Å². The van der Waals surface area contributed by atoms with Gasteiger partial charge in [-0.2, -0.15) is 0 Å². The van der Waals surface area contributed by atoms with Crippen molar-refractivity contribution in [3.8, 4) is 5.75 Å². The largest absolute Gasteiger partial charge is 0.497 e. The number of halogens is 2. The molecular weight excluding hydrogens is 312 g/mol. The molecule has 1 aliphatic rings. The van der Waals surface area contributed by atoms with Gasteiger partial charge in [-0.1, -0.05) is 47.7 Å². The zero-order chi connectivity index (χ0) is 13.0. The van der Waals surface area contributed by atoms with Gasteiger partial charge in [0.1, 0.15) is 5.75 Å². The van der Waals surface area contributed by atoms with Crippen LogP contribution in [0.15, 0.2) is 22.7 Å². The van der Waals surface area contributed by atoms with Crippen LogP contribution >= 0.6 is 27.5 Å². The predicted octanol–water partition coefficient (Wildman–Crippen LogP) is 5.71. The van der Waals surface area contributed by atoms with Gasteiger partial charge in [0.2, 0.25) is 0 Å². The first-order chi connectivity index (χ1) is 8.70. The molecule has 0 amide bonds. The number of methoxy groups -OCH3 is 1. The van der Waals surface area contributed by atoms with Crippen LogP contribution in [0.1, 0.15) is 49.5 Å². The number of alkyl halides is 1. The zero-order valence-corrected chi connectivity index (χ0v) is 13.1. The lowest BCUT2D eigenvalue weighted by atomic mass is 9.98. The van der Waals surface area contributed by atoms with Crippen molar-refractivity contribution in [2.75, 3.05) is 7.11 Å². The number of hydrogen-bond donors (Lipinski definition) is 0. The van der Waals surface area contributed by atoms with Crippen molar-refractivity contribution in [2.45, 2.75) is 43.9 Å². The molecule has 2 rings (SSSR count). The van der Waals surface area contributed by atoms with E-state index in [2.05, 4.69) is 22.0 Å². The highest BCUT2D eigenvalue weighted by Gasteiger charge is 2.18. The average Bonchev–Trinajstić information content (AvgIpc) is 2.88. The summed E-state index contributed by atoms with van der Waals surface area (Å²) in [6.07, 6.45) is 7.93. The van der Waals surface area contributed by atoms with E-state index in [1.165, 1.54) is 37.7 Å². The van der Waals surface area contributed by atoms with Crippen molar-refractivity contribution in [1.29, 1.82) is 0 Å². The van der Waals surface area contributed by atoms with Gasteiger partial charge in [-0.3, -0.25) is 0 Å². The summed E-state index contributed by atoms with van der Waals surface area (Å²) in [5.41, 5.74) is 1.18. The fourth-order valence-corrected chi connectivity index (χ4v) is 3.81. The third-order valence-electron chi connectivity index (χ3n) is 3.85. The molecule has 0 N–H and O–H groups in total. The van der Waals surface area contributed by atoms with Gasteiger partial charge in [-0.25, -0.2) is 0 Å². The SMILES string of the molecule is COc1ccc(C(Cl)CCC2CCCC2)c(Br)c1. The summed E-state index contributed by atoms with van der Waals surface area (Å²) in [4.78, 5) is 0. The third kappa shape index (κ3) is 3.64. The van der Waals surface area contributed by atoms with Gasteiger partial charge in [0, 0.05) is 4.47 Å². The molecule has 1 aromatic carbocycles. The molecule has 0 spiro atoms. The number of ether oxygens (including phenoxy) is 1. The summed E-state index contributed by atoms with van der Waals surface area (Å²) in [7, 11) is 1.68. The molecule has 1 unspecified atom stereocenters. The van der Waals surface area contributed by atoms with E-state index in [-0.39, 0.29) is 5.38 Å². The summed E-state index contributed by atoms with van der Waals surface area (Å²) in [6.45, 7) is 0. The maximum atomic E-state index is 6.51. The Balaban J connectivity index is 1.93. The van der Waals surface area contributed by atoms with Crippen LogP contribution in [0.4, 0.5) is 0 Å². The molecule has 0 saturated heterocycles. The Bertz CT molecular complexity index is 388. The summed E-state index contributed by atoms with van der Waals surface area (Å²) >= 11 is 10.1. The van der Waals surface area contributed by atoms with E-state index in [1.807, 2.05) is 12.1 Å². The van der Waals surface area contributed by atoms with Crippen LogP contribution in [-0.4, -0.2) is 7.11 Å². The van der Waals surface area contributed by atoms with E-state index in [9.17, 15) is 0 Å². The fourth-order valence-electron chi connectivity index (χ4n) is 2.73. The molecule has 0 radical (unpaired) electrons. The van der Waals surface area contributed by atoms with Crippen molar-refractivity contribution < 1.29 is 4.74 Å². The predicted molar refractivity (Wildman–Crippen MR) is 80.5 cm³/mol. The molecule has 1 aromatic rings. The molecule has 0 aliphatic heterocycles. The van der Waals surface area contributed by atoms with Crippen LogP contribution in [0.2, 0.25) is 0 Å². The second kappa shape index (κ2) is 6.81. The molecule has 1 atom stereocenters. The van der Waals surface area contributed by atoms with Gasteiger partial charge >= 0.3 is 0 Å². The molecule has 1 nitrogen and oxygen atoms in total. The van der Waals surface area contributed by atoms with Crippen LogP contribution in [0.3, 0.4) is 0 Å². The minimum absolute atomic E-state index is 0.103. The average molecular weight is 332 g/mol. The maximum absolute atomic E-state index is 6.51. The first kappa shape index (κ1) is 14.2. The lowest BCUT2D eigenvalue weighted by molar-refractivity contribution is 0.414. The van der Waals surface area contributed by atoms with Gasteiger partial charge < -0.3 is 4.74 Å². The van der Waals surface area contributed by atoms with Crippen molar-refractivity contribution in [1.82, 2.24) is 0 Å². The number of benzene rings is 1. The summed E-state index contributed by atoms with van der Waals surface area (Å²) in [5.74, 6) is 1.77. The molecule has 1 fully saturated rings. The van der Waals surface area contributed by atoms with Crippen LogP contribution < -0.4 is 4.74 Å². The first-order valence-electron chi connectivity index (χ1n) is 6.68. The van der Waals surface area contributed by atoms with Gasteiger partial charge in [-0.15, -0.1) is 11.6 Å². The molecular formula is C15H20BrClO. The van der Waals surface area contributed by atoms with Gasteiger partial charge in [0.05, 0.1) is 12.5 Å². The Morgan fingerprint density at radius 1 is 1.39 bits per heavy atom. The smallest absolute Gasteiger partial charge is 0.120 e. The van der Waals surface area contributed by atoms with E-state index >= 15 is 0 Å². The molecule has 100 valence electrons. The minimum atomic E-state index is 0.103. The second-order valence-electron chi connectivity index (χ2n) is 5.08.